The fourth-order valence-corrected chi connectivity index (χ4v) is 2.67. The second-order valence-corrected chi connectivity index (χ2v) is 5.26. The van der Waals surface area contributed by atoms with Crippen LogP contribution in [0, 0.1) is 0 Å². The Kier molecular flexibility index (Phi) is 7.04. The van der Waals surface area contributed by atoms with Crippen molar-refractivity contribution in [2.45, 2.75) is 37.8 Å². The van der Waals surface area contributed by atoms with Crippen LogP contribution in [0.2, 0.25) is 0 Å². The fourth-order valence-electron chi connectivity index (χ4n) is 2.67. The van der Waals surface area contributed by atoms with Gasteiger partial charge in [0.15, 0.2) is 0 Å². The van der Waals surface area contributed by atoms with Crippen molar-refractivity contribution in [1.82, 2.24) is 9.80 Å². The van der Waals surface area contributed by atoms with Gasteiger partial charge in [-0.05, 0) is 52.9 Å². The predicted octanol–water partition coefficient (Wildman–Crippen LogP) is 0.766. The minimum Gasteiger partial charge on any atom is -0.383 e. The maximum Gasteiger partial charge on any atom is 0.0617 e. The van der Waals surface area contributed by atoms with Crippen molar-refractivity contribution in [3.05, 3.63) is 0 Å². The second kappa shape index (κ2) is 8.03. The summed E-state index contributed by atoms with van der Waals surface area (Å²) >= 11 is 0. The number of likely N-dealkylation sites (tertiary alicyclic amines) is 1. The van der Waals surface area contributed by atoms with Crippen molar-refractivity contribution in [3.8, 4) is 0 Å². The van der Waals surface area contributed by atoms with Crippen molar-refractivity contribution < 1.29 is 4.74 Å². The molecule has 0 amide bonds. The molecule has 102 valence electrons. The highest BCUT2D eigenvalue weighted by Crippen LogP contribution is 2.17. The van der Waals surface area contributed by atoms with Crippen molar-refractivity contribution >= 4 is 0 Å². The van der Waals surface area contributed by atoms with E-state index in [0.29, 0.717) is 6.04 Å². The van der Waals surface area contributed by atoms with Gasteiger partial charge >= 0.3 is 0 Å². The van der Waals surface area contributed by atoms with E-state index >= 15 is 0 Å². The maximum absolute atomic E-state index is 5.59. The first-order chi connectivity index (χ1) is 8.19. The predicted molar refractivity (Wildman–Crippen MR) is 72.2 cm³/mol. The Morgan fingerprint density at radius 2 is 2.29 bits per heavy atom. The van der Waals surface area contributed by atoms with Crippen LogP contribution in [0.3, 0.4) is 0 Å². The Balaban J connectivity index is 2.37. The lowest BCUT2D eigenvalue weighted by molar-refractivity contribution is 0.0856. The van der Waals surface area contributed by atoms with E-state index in [2.05, 4.69) is 23.9 Å². The van der Waals surface area contributed by atoms with Crippen LogP contribution in [0.4, 0.5) is 0 Å². The van der Waals surface area contributed by atoms with Crippen molar-refractivity contribution in [1.29, 1.82) is 0 Å². The number of rotatable bonds is 8. The Morgan fingerprint density at radius 1 is 1.53 bits per heavy atom. The molecule has 2 N–H and O–H groups in total. The van der Waals surface area contributed by atoms with Crippen LogP contribution in [0.15, 0.2) is 0 Å². The van der Waals surface area contributed by atoms with Crippen molar-refractivity contribution in [2.75, 3.05) is 47.4 Å². The van der Waals surface area contributed by atoms with Gasteiger partial charge in [0.1, 0.15) is 0 Å². The van der Waals surface area contributed by atoms with Crippen molar-refractivity contribution in [3.63, 3.8) is 0 Å². The van der Waals surface area contributed by atoms with Crippen LogP contribution in [0.1, 0.15) is 25.7 Å². The zero-order valence-electron chi connectivity index (χ0n) is 11.7. The fraction of sp³-hybridized carbons (Fsp3) is 1.00. The molecule has 0 aromatic rings. The molecule has 0 spiro atoms. The molecule has 1 rings (SSSR count). The zero-order valence-corrected chi connectivity index (χ0v) is 11.7. The van der Waals surface area contributed by atoms with Crippen LogP contribution >= 0.6 is 0 Å². The van der Waals surface area contributed by atoms with Gasteiger partial charge in [-0.1, -0.05) is 0 Å². The van der Waals surface area contributed by atoms with Crippen LogP contribution in [0.5, 0.6) is 0 Å². The quantitative estimate of drug-likeness (QED) is 0.683. The highest BCUT2D eigenvalue weighted by molar-refractivity contribution is 4.81. The average molecular weight is 243 g/mol. The largest absolute Gasteiger partial charge is 0.383 e. The van der Waals surface area contributed by atoms with Gasteiger partial charge in [0.25, 0.3) is 0 Å². The van der Waals surface area contributed by atoms with E-state index in [1.54, 1.807) is 7.11 Å². The first kappa shape index (κ1) is 14.9. The van der Waals surface area contributed by atoms with Crippen LogP contribution in [0.25, 0.3) is 0 Å². The van der Waals surface area contributed by atoms with Crippen LogP contribution in [-0.2, 0) is 4.74 Å². The van der Waals surface area contributed by atoms with Crippen LogP contribution in [-0.4, -0.2) is 69.3 Å². The Morgan fingerprint density at radius 3 is 2.82 bits per heavy atom. The summed E-state index contributed by atoms with van der Waals surface area (Å²) in [5, 5.41) is 0. The van der Waals surface area contributed by atoms with Gasteiger partial charge in [-0.2, -0.15) is 0 Å². The lowest BCUT2D eigenvalue weighted by Crippen LogP contribution is -2.43. The average Bonchev–Trinajstić information content (AvgIpc) is 2.70. The Bertz CT molecular complexity index is 201. The molecule has 1 aliphatic heterocycles. The summed E-state index contributed by atoms with van der Waals surface area (Å²) in [6, 6.07) is 1.23. The number of hydrogen-bond donors (Lipinski definition) is 1. The number of nitrogens with zero attached hydrogens (tertiary/aromatic N) is 2. The Labute approximate surface area is 106 Å². The van der Waals surface area contributed by atoms with Crippen LogP contribution < -0.4 is 5.73 Å². The lowest BCUT2D eigenvalue weighted by Gasteiger charge is -2.32. The molecule has 0 aromatic heterocycles. The third-order valence-electron chi connectivity index (χ3n) is 3.89. The van der Waals surface area contributed by atoms with Gasteiger partial charge < -0.3 is 15.4 Å². The summed E-state index contributed by atoms with van der Waals surface area (Å²) < 4.78 is 5.32. The molecule has 0 aromatic carbocycles. The van der Waals surface area contributed by atoms with Gasteiger partial charge in [-0.25, -0.2) is 0 Å². The molecule has 0 saturated carbocycles. The molecule has 1 saturated heterocycles. The number of methoxy groups -OCH3 is 1. The summed E-state index contributed by atoms with van der Waals surface area (Å²) in [7, 11) is 6.23. The summed E-state index contributed by atoms with van der Waals surface area (Å²) in [4.78, 5) is 4.93. The Hall–Kier alpha value is -0.160. The molecule has 0 radical (unpaired) electrons. The molecule has 17 heavy (non-hydrogen) atoms. The van der Waals surface area contributed by atoms with Gasteiger partial charge in [0.05, 0.1) is 6.61 Å². The summed E-state index contributed by atoms with van der Waals surface area (Å²) in [5.41, 5.74) is 5.59. The zero-order chi connectivity index (χ0) is 12.7. The standard InChI is InChI=1S/C13H29N3O/c1-15-9-5-7-12(15)10-16(2)13(11-17-3)6-4-8-14/h12-13H,4-11,14H2,1-3H3. The van der Waals surface area contributed by atoms with Gasteiger partial charge in [0.2, 0.25) is 0 Å². The van der Waals surface area contributed by atoms with E-state index < -0.39 is 0 Å². The molecule has 4 nitrogen and oxygen atoms in total. The van der Waals surface area contributed by atoms with E-state index in [1.807, 2.05) is 0 Å². The lowest BCUT2D eigenvalue weighted by atomic mass is 10.1. The highest BCUT2D eigenvalue weighted by atomic mass is 16.5. The van der Waals surface area contributed by atoms with E-state index in [-0.39, 0.29) is 0 Å². The van der Waals surface area contributed by atoms with E-state index in [0.717, 1.165) is 38.6 Å². The van der Waals surface area contributed by atoms with Crippen molar-refractivity contribution in [2.24, 2.45) is 5.73 Å². The SMILES string of the molecule is COCC(CCCN)N(C)CC1CCCN1C. The monoisotopic (exact) mass is 243 g/mol. The molecule has 1 aliphatic rings. The summed E-state index contributed by atoms with van der Waals surface area (Å²) in [6.45, 7) is 3.98. The molecule has 1 heterocycles. The molecular formula is C13H29N3O. The smallest absolute Gasteiger partial charge is 0.0617 e. The highest BCUT2D eigenvalue weighted by Gasteiger charge is 2.24. The number of nitrogens with two attached hydrogens (primary N) is 1. The molecule has 4 heteroatoms. The van der Waals surface area contributed by atoms with E-state index in [1.165, 1.54) is 19.4 Å². The molecule has 2 unspecified atom stereocenters. The molecular weight excluding hydrogens is 214 g/mol. The number of ether oxygens (including phenoxy) is 1. The first-order valence-corrected chi connectivity index (χ1v) is 6.78. The van der Waals surface area contributed by atoms with E-state index in [9.17, 15) is 0 Å². The molecule has 0 aliphatic carbocycles. The topological polar surface area (TPSA) is 41.7 Å². The normalized spacial score (nSPS) is 23.5. The minimum absolute atomic E-state index is 0.512. The van der Waals surface area contributed by atoms with E-state index in [4.69, 9.17) is 10.5 Å². The summed E-state index contributed by atoms with van der Waals surface area (Å²) in [5.74, 6) is 0. The van der Waals surface area contributed by atoms with Gasteiger partial charge in [0, 0.05) is 25.7 Å². The third-order valence-corrected chi connectivity index (χ3v) is 3.89. The maximum atomic E-state index is 5.59. The first-order valence-electron chi connectivity index (χ1n) is 6.78. The molecule has 0 bridgehead atoms. The number of likely N-dealkylation sites (N-methyl/N-ethyl adjacent to an activating group) is 2. The molecule has 1 fully saturated rings. The third kappa shape index (κ3) is 4.92. The van der Waals surface area contributed by atoms with Gasteiger partial charge in [-0.15, -0.1) is 0 Å². The number of hydrogen-bond acceptors (Lipinski definition) is 4. The molecule has 2 atom stereocenters. The van der Waals surface area contributed by atoms with Gasteiger partial charge in [-0.3, -0.25) is 4.90 Å². The second-order valence-electron chi connectivity index (χ2n) is 5.26. The summed E-state index contributed by atoms with van der Waals surface area (Å²) in [6.07, 6.45) is 4.89. The minimum atomic E-state index is 0.512.